The summed E-state index contributed by atoms with van der Waals surface area (Å²) in [7, 11) is 0. The third-order valence-corrected chi connectivity index (χ3v) is 4.82. The Morgan fingerprint density at radius 2 is 2.24 bits per heavy atom. The van der Waals surface area contributed by atoms with E-state index in [1.54, 1.807) is 0 Å². The van der Waals surface area contributed by atoms with Gasteiger partial charge in [0.1, 0.15) is 11.9 Å². The molecule has 0 aromatic heterocycles. The van der Waals surface area contributed by atoms with Gasteiger partial charge in [-0.05, 0) is 59.5 Å². The molecule has 1 saturated heterocycles. The molecule has 2 aliphatic heterocycles. The Morgan fingerprint density at radius 3 is 3.12 bits per heavy atom. The molecule has 1 saturated carbocycles. The van der Waals surface area contributed by atoms with Crippen molar-refractivity contribution in [3.63, 3.8) is 0 Å². The van der Waals surface area contributed by atoms with Gasteiger partial charge < -0.3 is 9.64 Å². The van der Waals surface area contributed by atoms with E-state index in [9.17, 15) is 4.79 Å². The molecule has 1 aromatic rings. The van der Waals surface area contributed by atoms with Gasteiger partial charge in [-0.3, -0.25) is 4.79 Å². The second kappa shape index (κ2) is 3.37. The van der Waals surface area contributed by atoms with Gasteiger partial charge in [0.05, 0.1) is 11.7 Å². The maximum absolute atomic E-state index is 12.1. The number of rotatable bonds is 0. The third-order valence-electron chi connectivity index (χ3n) is 4.15. The third kappa shape index (κ3) is 1.30. The van der Waals surface area contributed by atoms with Gasteiger partial charge in [-0.1, -0.05) is 0 Å². The van der Waals surface area contributed by atoms with Gasteiger partial charge in [0.15, 0.2) is 0 Å². The van der Waals surface area contributed by atoms with E-state index in [0.29, 0.717) is 18.4 Å². The summed E-state index contributed by atoms with van der Waals surface area (Å²) >= 11 is 2.28. The Kier molecular flexibility index (Phi) is 2.02. The lowest BCUT2D eigenvalue weighted by Crippen LogP contribution is -2.46. The predicted octanol–water partition coefficient (Wildman–Crippen LogP) is 2.57. The first-order chi connectivity index (χ1) is 8.24. The second-order valence-electron chi connectivity index (χ2n) is 5.06. The molecule has 3 atom stereocenters. The Labute approximate surface area is 113 Å². The number of carbonyl (C=O) groups excluding carboxylic acids is 1. The quantitative estimate of drug-likeness (QED) is 0.679. The monoisotopic (exact) mass is 341 g/mol. The van der Waals surface area contributed by atoms with Crippen molar-refractivity contribution >= 4 is 34.2 Å². The smallest absolute Gasteiger partial charge is 0.227 e. The number of carbonyl (C=O) groups is 1. The molecule has 4 heteroatoms. The fraction of sp³-hybridized carbons (Fsp3) is 0.462. The van der Waals surface area contributed by atoms with Crippen LogP contribution in [0, 0.1) is 9.49 Å². The van der Waals surface area contributed by atoms with Crippen molar-refractivity contribution in [2.75, 3.05) is 4.90 Å². The average Bonchev–Trinajstić information content (AvgIpc) is 2.83. The Balaban J connectivity index is 1.89. The van der Waals surface area contributed by atoms with E-state index >= 15 is 0 Å². The van der Waals surface area contributed by atoms with E-state index in [0.717, 1.165) is 27.8 Å². The normalized spacial score (nSPS) is 33.4. The van der Waals surface area contributed by atoms with E-state index in [2.05, 4.69) is 22.6 Å². The Morgan fingerprint density at radius 1 is 1.35 bits per heavy atom. The Bertz CT molecular complexity index is 516. The molecule has 4 rings (SSSR count). The van der Waals surface area contributed by atoms with Crippen LogP contribution in [0.25, 0.3) is 0 Å². The molecule has 0 unspecified atom stereocenters. The molecule has 3 nitrogen and oxygen atoms in total. The van der Waals surface area contributed by atoms with Crippen molar-refractivity contribution in [3.05, 3.63) is 21.8 Å². The van der Waals surface area contributed by atoms with Crippen molar-refractivity contribution in [3.8, 4) is 5.75 Å². The van der Waals surface area contributed by atoms with Crippen LogP contribution in [-0.4, -0.2) is 18.1 Å². The van der Waals surface area contributed by atoms with E-state index < -0.39 is 0 Å². The number of hydrogen-bond acceptors (Lipinski definition) is 2. The molecule has 1 aromatic carbocycles. The molecule has 17 heavy (non-hydrogen) atoms. The topological polar surface area (TPSA) is 29.5 Å². The highest BCUT2D eigenvalue weighted by molar-refractivity contribution is 14.1. The average molecular weight is 341 g/mol. The molecule has 2 fully saturated rings. The first-order valence-corrected chi connectivity index (χ1v) is 7.10. The largest absolute Gasteiger partial charge is 0.486 e. The molecule has 0 radical (unpaired) electrons. The van der Waals surface area contributed by atoms with Crippen LogP contribution in [0.3, 0.4) is 0 Å². The molecule has 1 aliphatic carbocycles. The SMILES string of the molecule is O=C1C[C@H]2CC[C@H]3Oc4cc(I)ccc4N1[C@@H]23. The van der Waals surface area contributed by atoms with Gasteiger partial charge >= 0.3 is 0 Å². The number of nitrogens with zero attached hydrogens (tertiary/aromatic N) is 1. The molecular weight excluding hydrogens is 329 g/mol. The molecule has 88 valence electrons. The van der Waals surface area contributed by atoms with Gasteiger partial charge in [0.25, 0.3) is 0 Å². The van der Waals surface area contributed by atoms with Gasteiger partial charge in [0.2, 0.25) is 5.91 Å². The fourth-order valence-corrected chi connectivity index (χ4v) is 3.94. The zero-order valence-corrected chi connectivity index (χ0v) is 11.4. The first-order valence-electron chi connectivity index (χ1n) is 6.02. The minimum Gasteiger partial charge on any atom is -0.486 e. The Hall–Kier alpha value is -0.780. The highest BCUT2D eigenvalue weighted by atomic mass is 127. The van der Waals surface area contributed by atoms with E-state index in [1.165, 1.54) is 0 Å². The van der Waals surface area contributed by atoms with Crippen LogP contribution in [-0.2, 0) is 4.79 Å². The van der Waals surface area contributed by atoms with Crippen LogP contribution in [0.2, 0.25) is 0 Å². The van der Waals surface area contributed by atoms with Gasteiger partial charge in [-0.2, -0.15) is 0 Å². The number of anilines is 1. The zero-order chi connectivity index (χ0) is 11.6. The summed E-state index contributed by atoms with van der Waals surface area (Å²) in [6.45, 7) is 0. The lowest BCUT2D eigenvalue weighted by atomic mass is 10.0. The summed E-state index contributed by atoms with van der Waals surface area (Å²) < 4.78 is 7.22. The van der Waals surface area contributed by atoms with Crippen molar-refractivity contribution in [1.29, 1.82) is 0 Å². The molecule has 0 N–H and O–H groups in total. The molecule has 3 aliphatic rings. The predicted molar refractivity (Wildman–Crippen MR) is 72.2 cm³/mol. The van der Waals surface area contributed by atoms with Crippen LogP contribution < -0.4 is 9.64 Å². The van der Waals surface area contributed by atoms with E-state index in [4.69, 9.17) is 4.74 Å². The van der Waals surface area contributed by atoms with Crippen molar-refractivity contribution in [2.45, 2.75) is 31.4 Å². The van der Waals surface area contributed by atoms with Gasteiger partial charge in [0, 0.05) is 9.99 Å². The maximum Gasteiger partial charge on any atom is 0.227 e. The van der Waals surface area contributed by atoms with E-state index in [-0.39, 0.29) is 12.0 Å². The lowest BCUT2D eigenvalue weighted by molar-refractivity contribution is -0.117. The number of amides is 1. The summed E-state index contributed by atoms with van der Waals surface area (Å²) in [4.78, 5) is 14.1. The number of fused-ring (bicyclic) bond motifs is 2. The second-order valence-corrected chi connectivity index (χ2v) is 6.31. The molecule has 0 bridgehead atoms. The minimum absolute atomic E-state index is 0.220. The lowest BCUT2D eigenvalue weighted by Gasteiger charge is -2.36. The van der Waals surface area contributed by atoms with Gasteiger partial charge in [-0.25, -0.2) is 0 Å². The standard InChI is InChI=1S/C13H12INO2/c14-8-2-3-9-11(6-8)17-10-4-1-7-5-12(16)15(9)13(7)10/h2-3,6-7,10,13H,1,4-5H2/t7-,10-,13+/m1/s1. The number of benzene rings is 1. The van der Waals surface area contributed by atoms with Crippen LogP contribution in [0.1, 0.15) is 19.3 Å². The first kappa shape index (κ1) is 10.2. The maximum atomic E-state index is 12.1. The summed E-state index contributed by atoms with van der Waals surface area (Å²) in [5.41, 5.74) is 0.973. The molecule has 1 amide bonds. The molecule has 0 spiro atoms. The van der Waals surface area contributed by atoms with Crippen molar-refractivity contribution in [1.82, 2.24) is 0 Å². The number of halogens is 1. The minimum atomic E-state index is 0.220. The van der Waals surface area contributed by atoms with Crippen molar-refractivity contribution < 1.29 is 9.53 Å². The highest BCUT2D eigenvalue weighted by Crippen LogP contribution is 2.49. The highest BCUT2D eigenvalue weighted by Gasteiger charge is 2.52. The summed E-state index contributed by atoms with van der Waals surface area (Å²) in [6, 6.07) is 6.39. The van der Waals surface area contributed by atoms with Crippen LogP contribution in [0.4, 0.5) is 5.69 Å². The zero-order valence-electron chi connectivity index (χ0n) is 9.23. The van der Waals surface area contributed by atoms with Gasteiger partial charge in [-0.15, -0.1) is 0 Å². The van der Waals surface area contributed by atoms with Crippen LogP contribution >= 0.6 is 22.6 Å². The summed E-state index contributed by atoms with van der Waals surface area (Å²) in [5, 5.41) is 0. The van der Waals surface area contributed by atoms with Crippen LogP contribution in [0.5, 0.6) is 5.75 Å². The fourth-order valence-electron chi connectivity index (χ4n) is 3.48. The van der Waals surface area contributed by atoms with E-state index in [1.807, 2.05) is 23.1 Å². The number of hydrogen-bond donors (Lipinski definition) is 0. The molecular formula is C13H12INO2. The summed E-state index contributed by atoms with van der Waals surface area (Å²) in [5.74, 6) is 1.67. The molecule has 2 heterocycles. The van der Waals surface area contributed by atoms with Crippen LogP contribution in [0.15, 0.2) is 18.2 Å². The summed E-state index contributed by atoms with van der Waals surface area (Å²) in [6.07, 6.45) is 3.14. The number of ether oxygens (including phenoxy) is 1. The van der Waals surface area contributed by atoms with Crippen molar-refractivity contribution in [2.24, 2.45) is 5.92 Å².